The molecule has 0 radical (unpaired) electrons. The van der Waals surface area contributed by atoms with Crippen molar-refractivity contribution in [3.63, 3.8) is 0 Å². The lowest BCUT2D eigenvalue weighted by atomic mass is 9.93. The highest BCUT2D eigenvalue weighted by atomic mass is 16.3. The number of aliphatic hydroxyl groups excluding tert-OH is 1. The Balaban J connectivity index is 1.88. The summed E-state index contributed by atoms with van der Waals surface area (Å²) in [6.45, 7) is 0. The molecule has 0 aromatic heterocycles. The van der Waals surface area contributed by atoms with Crippen molar-refractivity contribution in [3.8, 4) is 0 Å². The molecule has 0 aliphatic heterocycles. The minimum atomic E-state index is -0.613. The number of nitrogens with one attached hydrogen (secondary N) is 1. The molecular formula is C14H20N2O2. The number of carbonyl (C=O) groups is 1. The molecule has 1 amide bonds. The Hall–Kier alpha value is -1.39. The van der Waals surface area contributed by atoms with Gasteiger partial charge in [0.1, 0.15) is 6.04 Å². The van der Waals surface area contributed by atoms with E-state index in [1.54, 1.807) is 0 Å². The third-order valence-corrected chi connectivity index (χ3v) is 3.48. The maximum absolute atomic E-state index is 12.0. The summed E-state index contributed by atoms with van der Waals surface area (Å²) in [7, 11) is 0. The van der Waals surface area contributed by atoms with E-state index in [9.17, 15) is 9.90 Å². The van der Waals surface area contributed by atoms with Crippen LogP contribution in [0.3, 0.4) is 0 Å². The second-order valence-electron chi connectivity index (χ2n) is 4.90. The minimum Gasteiger partial charge on any atom is -0.393 e. The Bertz CT molecular complexity index is 386. The van der Waals surface area contributed by atoms with Crippen LogP contribution in [0.5, 0.6) is 0 Å². The molecule has 0 spiro atoms. The van der Waals surface area contributed by atoms with Gasteiger partial charge in [0.25, 0.3) is 0 Å². The summed E-state index contributed by atoms with van der Waals surface area (Å²) in [5.41, 5.74) is 6.75. The summed E-state index contributed by atoms with van der Waals surface area (Å²) in [6.07, 6.45) is 2.96. The second-order valence-corrected chi connectivity index (χ2v) is 4.90. The average Bonchev–Trinajstić information content (AvgIpc) is 2.41. The van der Waals surface area contributed by atoms with E-state index in [0.717, 1.165) is 31.2 Å². The van der Waals surface area contributed by atoms with E-state index in [-0.39, 0.29) is 18.1 Å². The molecule has 1 aliphatic carbocycles. The number of aliphatic hydroxyl groups is 1. The molecule has 2 rings (SSSR count). The lowest BCUT2D eigenvalue weighted by molar-refractivity contribution is -0.123. The van der Waals surface area contributed by atoms with E-state index in [4.69, 9.17) is 5.73 Å². The van der Waals surface area contributed by atoms with Crippen LogP contribution in [-0.2, 0) is 4.79 Å². The minimum absolute atomic E-state index is 0.136. The van der Waals surface area contributed by atoms with Crippen molar-refractivity contribution in [2.24, 2.45) is 5.73 Å². The van der Waals surface area contributed by atoms with Gasteiger partial charge in [0.2, 0.25) is 5.91 Å². The topological polar surface area (TPSA) is 75.4 Å². The lowest BCUT2D eigenvalue weighted by Crippen LogP contribution is -2.43. The van der Waals surface area contributed by atoms with Crippen LogP contribution in [0.1, 0.15) is 37.3 Å². The highest BCUT2D eigenvalue weighted by Gasteiger charge is 2.23. The highest BCUT2D eigenvalue weighted by molar-refractivity contribution is 5.83. The molecule has 0 heterocycles. The maximum atomic E-state index is 12.0. The first-order valence-electron chi connectivity index (χ1n) is 6.46. The van der Waals surface area contributed by atoms with Gasteiger partial charge in [0.05, 0.1) is 6.10 Å². The van der Waals surface area contributed by atoms with Gasteiger partial charge < -0.3 is 16.2 Å². The Kier molecular flexibility index (Phi) is 4.33. The summed E-state index contributed by atoms with van der Waals surface area (Å²) in [6, 6.07) is 8.90. The number of hydrogen-bond acceptors (Lipinski definition) is 3. The predicted molar refractivity (Wildman–Crippen MR) is 69.8 cm³/mol. The van der Waals surface area contributed by atoms with Crippen LogP contribution in [0.25, 0.3) is 0 Å². The highest BCUT2D eigenvalue weighted by Crippen LogP contribution is 2.19. The zero-order valence-electron chi connectivity index (χ0n) is 10.4. The molecule has 0 saturated heterocycles. The number of rotatable bonds is 3. The van der Waals surface area contributed by atoms with Gasteiger partial charge in [-0.1, -0.05) is 30.3 Å². The summed E-state index contributed by atoms with van der Waals surface area (Å²) < 4.78 is 0. The van der Waals surface area contributed by atoms with E-state index in [1.807, 2.05) is 30.3 Å². The third kappa shape index (κ3) is 3.31. The molecule has 1 aromatic carbocycles. The van der Waals surface area contributed by atoms with E-state index < -0.39 is 6.04 Å². The van der Waals surface area contributed by atoms with Gasteiger partial charge in [-0.15, -0.1) is 0 Å². The zero-order valence-corrected chi connectivity index (χ0v) is 10.4. The van der Waals surface area contributed by atoms with Gasteiger partial charge in [0.15, 0.2) is 0 Å². The van der Waals surface area contributed by atoms with Crippen molar-refractivity contribution in [2.75, 3.05) is 0 Å². The van der Waals surface area contributed by atoms with Crippen LogP contribution in [0, 0.1) is 0 Å². The Morgan fingerprint density at radius 3 is 2.44 bits per heavy atom. The fourth-order valence-corrected chi connectivity index (χ4v) is 2.32. The molecule has 4 heteroatoms. The van der Waals surface area contributed by atoms with E-state index in [2.05, 4.69) is 5.32 Å². The maximum Gasteiger partial charge on any atom is 0.241 e. The largest absolute Gasteiger partial charge is 0.393 e. The van der Waals surface area contributed by atoms with Crippen LogP contribution in [0.2, 0.25) is 0 Å². The number of amides is 1. The molecule has 1 fully saturated rings. The van der Waals surface area contributed by atoms with E-state index in [1.165, 1.54) is 0 Å². The first-order valence-corrected chi connectivity index (χ1v) is 6.46. The van der Waals surface area contributed by atoms with E-state index >= 15 is 0 Å². The number of hydrogen-bond donors (Lipinski definition) is 3. The molecule has 1 saturated carbocycles. The Morgan fingerprint density at radius 2 is 1.83 bits per heavy atom. The average molecular weight is 248 g/mol. The summed E-state index contributed by atoms with van der Waals surface area (Å²) in [5.74, 6) is -0.136. The van der Waals surface area contributed by atoms with Crippen LogP contribution in [-0.4, -0.2) is 23.2 Å². The molecule has 18 heavy (non-hydrogen) atoms. The van der Waals surface area contributed by atoms with E-state index in [0.29, 0.717) is 0 Å². The van der Waals surface area contributed by atoms with Crippen molar-refractivity contribution in [3.05, 3.63) is 35.9 Å². The summed E-state index contributed by atoms with van der Waals surface area (Å²) in [4.78, 5) is 12.0. The van der Waals surface area contributed by atoms with Crippen molar-refractivity contribution in [1.82, 2.24) is 5.32 Å². The summed E-state index contributed by atoms with van der Waals surface area (Å²) >= 11 is 0. The molecule has 4 nitrogen and oxygen atoms in total. The van der Waals surface area contributed by atoms with Gasteiger partial charge >= 0.3 is 0 Å². The van der Waals surface area contributed by atoms with Gasteiger partial charge in [-0.25, -0.2) is 0 Å². The van der Waals surface area contributed by atoms with Gasteiger partial charge in [-0.3, -0.25) is 4.79 Å². The number of benzene rings is 1. The SMILES string of the molecule is NC(C(=O)NC1CCC(O)CC1)c1ccccc1. The van der Waals surface area contributed by atoms with Crippen molar-refractivity contribution in [2.45, 2.75) is 43.9 Å². The zero-order chi connectivity index (χ0) is 13.0. The van der Waals surface area contributed by atoms with Crippen molar-refractivity contribution < 1.29 is 9.90 Å². The molecule has 0 bridgehead atoms. The molecular weight excluding hydrogens is 228 g/mol. The Morgan fingerprint density at radius 1 is 1.22 bits per heavy atom. The molecule has 1 aromatic rings. The predicted octanol–water partition coefficient (Wildman–Crippen LogP) is 1.11. The molecule has 1 unspecified atom stereocenters. The molecule has 4 N–H and O–H groups in total. The third-order valence-electron chi connectivity index (χ3n) is 3.48. The molecule has 1 atom stereocenters. The van der Waals surface area contributed by atoms with Crippen LogP contribution in [0.15, 0.2) is 30.3 Å². The fraction of sp³-hybridized carbons (Fsp3) is 0.500. The van der Waals surface area contributed by atoms with Crippen LogP contribution < -0.4 is 11.1 Å². The van der Waals surface area contributed by atoms with Gasteiger partial charge in [-0.05, 0) is 31.2 Å². The van der Waals surface area contributed by atoms with Gasteiger partial charge in [-0.2, -0.15) is 0 Å². The quantitative estimate of drug-likeness (QED) is 0.750. The Labute approximate surface area is 107 Å². The van der Waals surface area contributed by atoms with Crippen LogP contribution >= 0.6 is 0 Å². The monoisotopic (exact) mass is 248 g/mol. The second kappa shape index (κ2) is 5.98. The fourth-order valence-electron chi connectivity index (χ4n) is 2.32. The van der Waals surface area contributed by atoms with Crippen molar-refractivity contribution in [1.29, 1.82) is 0 Å². The first-order chi connectivity index (χ1) is 8.66. The molecule has 98 valence electrons. The summed E-state index contributed by atoms with van der Waals surface area (Å²) in [5, 5.41) is 12.4. The molecule has 1 aliphatic rings. The standard InChI is InChI=1S/C14H20N2O2/c15-13(10-4-2-1-3-5-10)14(18)16-11-6-8-12(17)9-7-11/h1-5,11-13,17H,6-9,15H2,(H,16,18). The first kappa shape index (κ1) is 13.1. The van der Waals surface area contributed by atoms with Crippen molar-refractivity contribution >= 4 is 5.91 Å². The normalized spacial score (nSPS) is 25.4. The van der Waals surface area contributed by atoms with Gasteiger partial charge in [0, 0.05) is 6.04 Å². The smallest absolute Gasteiger partial charge is 0.241 e. The number of nitrogens with two attached hydrogens (primary N) is 1. The lowest BCUT2D eigenvalue weighted by Gasteiger charge is -2.27. The van der Waals surface area contributed by atoms with Crippen LogP contribution in [0.4, 0.5) is 0 Å². The number of carbonyl (C=O) groups excluding carboxylic acids is 1.